The largest absolute Gasteiger partial charge is 0.486 e. The monoisotopic (exact) mass is 261 g/mol. The van der Waals surface area contributed by atoms with Gasteiger partial charge < -0.3 is 4.74 Å². The predicted molar refractivity (Wildman–Crippen MR) is 68.4 cm³/mol. The molecule has 0 aliphatic rings. The van der Waals surface area contributed by atoms with Crippen molar-refractivity contribution in [1.82, 2.24) is 9.78 Å². The molecule has 1 heterocycles. The number of ether oxygens (including phenoxy) is 1. The summed E-state index contributed by atoms with van der Waals surface area (Å²) in [6.45, 7) is 2.27. The van der Waals surface area contributed by atoms with E-state index in [0.717, 1.165) is 11.4 Å². The van der Waals surface area contributed by atoms with Crippen LogP contribution in [0.4, 0.5) is 0 Å². The molecule has 0 spiro atoms. The van der Waals surface area contributed by atoms with Crippen LogP contribution in [0.1, 0.15) is 17.0 Å². The Kier molecular flexibility index (Phi) is 3.54. The van der Waals surface area contributed by atoms with Gasteiger partial charge in [0, 0.05) is 7.05 Å². The van der Waals surface area contributed by atoms with E-state index in [9.17, 15) is 0 Å². The molecule has 4 nitrogen and oxygen atoms in total. The SMILES string of the molecule is Cc1cc(COc2cccc(Cl)c2C#N)n(C)n1. The lowest BCUT2D eigenvalue weighted by atomic mass is 10.2. The zero-order valence-electron chi connectivity index (χ0n) is 10.1. The maximum Gasteiger partial charge on any atom is 0.139 e. The molecule has 0 fully saturated rings. The topological polar surface area (TPSA) is 50.8 Å². The highest BCUT2D eigenvalue weighted by Crippen LogP contribution is 2.26. The van der Waals surface area contributed by atoms with Crippen molar-refractivity contribution in [3.05, 3.63) is 46.2 Å². The Balaban J connectivity index is 2.19. The highest BCUT2D eigenvalue weighted by atomic mass is 35.5. The fourth-order valence-corrected chi connectivity index (χ4v) is 1.89. The van der Waals surface area contributed by atoms with Crippen molar-refractivity contribution in [2.75, 3.05) is 0 Å². The number of benzene rings is 1. The maximum atomic E-state index is 9.02. The number of aryl methyl sites for hydroxylation is 2. The zero-order valence-corrected chi connectivity index (χ0v) is 10.9. The minimum atomic E-state index is 0.354. The first-order valence-corrected chi connectivity index (χ1v) is 5.80. The van der Waals surface area contributed by atoms with Crippen LogP contribution in [0, 0.1) is 18.3 Å². The second-order valence-corrected chi connectivity index (χ2v) is 4.32. The number of halogens is 1. The van der Waals surface area contributed by atoms with Crippen LogP contribution in [0.5, 0.6) is 5.75 Å². The van der Waals surface area contributed by atoms with E-state index in [-0.39, 0.29) is 0 Å². The lowest BCUT2D eigenvalue weighted by Gasteiger charge is -2.08. The van der Waals surface area contributed by atoms with Gasteiger partial charge in [-0.05, 0) is 25.1 Å². The van der Waals surface area contributed by atoms with Gasteiger partial charge in [0.15, 0.2) is 0 Å². The lowest BCUT2D eigenvalue weighted by molar-refractivity contribution is 0.294. The van der Waals surface area contributed by atoms with Crippen LogP contribution in [-0.4, -0.2) is 9.78 Å². The fourth-order valence-electron chi connectivity index (χ4n) is 1.68. The average molecular weight is 262 g/mol. The molecular weight excluding hydrogens is 250 g/mol. The summed E-state index contributed by atoms with van der Waals surface area (Å²) in [7, 11) is 1.86. The van der Waals surface area contributed by atoms with Gasteiger partial charge in [-0.3, -0.25) is 4.68 Å². The van der Waals surface area contributed by atoms with Crippen LogP contribution in [0.3, 0.4) is 0 Å². The van der Waals surface area contributed by atoms with E-state index in [1.54, 1.807) is 22.9 Å². The average Bonchev–Trinajstić information content (AvgIpc) is 2.65. The van der Waals surface area contributed by atoms with Crippen molar-refractivity contribution in [3.63, 3.8) is 0 Å². The number of aromatic nitrogens is 2. The Morgan fingerprint density at radius 2 is 2.28 bits per heavy atom. The third-order valence-corrected chi connectivity index (χ3v) is 2.88. The highest BCUT2D eigenvalue weighted by Gasteiger charge is 2.09. The molecule has 0 amide bonds. The number of hydrogen-bond acceptors (Lipinski definition) is 3. The molecule has 0 N–H and O–H groups in total. The first kappa shape index (κ1) is 12.5. The zero-order chi connectivity index (χ0) is 13.1. The molecule has 0 saturated heterocycles. The second kappa shape index (κ2) is 5.11. The van der Waals surface area contributed by atoms with Gasteiger partial charge in [0.25, 0.3) is 0 Å². The van der Waals surface area contributed by atoms with Gasteiger partial charge in [-0.2, -0.15) is 10.4 Å². The van der Waals surface area contributed by atoms with Gasteiger partial charge in [-0.15, -0.1) is 0 Å². The molecule has 92 valence electrons. The minimum absolute atomic E-state index is 0.354. The van der Waals surface area contributed by atoms with Crippen molar-refractivity contribution in [1.29, 1.82) is 5.26 Å². The molecule has 0 bridgehead atoms. The summed E-state index contributed by atoms with van der Waals surface area (Å²) in [6.07, 6.45) is 0. The fraction of sp³-hybridized carbons (Fsp3) is 0.231. The van der Waals surface area contributed by atoms with E-state index in [4.69, 9.17) is 21.6 Å². The van der Waals surface area contributed by atoms with Crippen molar-refractivity contribution in [2.24, 2.45) is 7.05 Å². The van der Waals surface area contributed by atoms with Gasteiger partial charge in [-0.25, -0.2) is 0 Å². The van der Waals surface area contributed by atoms with Crippen LogP contribution in [0.15, 0.2) is 24.3 Å². The standard InChI is InChI=1S/C13H12ClN3O/c1-9-6-10(17(2)16-9)8-18-13-5-3-4-12(14)11(13)7-15/h3-6H,8H2,1-2H3. The molecule has 0 unspecified atom stereocenters. The summed E-state index contributed by atoms with van der Waals surface area (Å²) in [5.41, 5.74) is 2.23. The number of rotatable bonds is 3. The Morgan fingerprint density at radius 1 is 1.50 bits per heavy atom. The van der Waals surface area contributed by atoms with E-state index >= 15 is 0 Å². The molecule has 0 saturated carbocycles. The predicted octanol–water partition coefficient (Wildman–Crippen LogP) is 2.83. The summed E-state index contributed by atoms with van der Waals surface area (Å²) in [5.74, 6) is 0.490. The smallest absolute Gasteiger partial charge is 0.139 e. The first-order chi connectivity index (χ1) is 8.61. The molecule has 0 aliphatic carbocycles. The molecule has 18 heavy (non-hydrogen) atoms. The number of hydrogen-bond donors (Lipinski definition) is 0. The third kappa shape index (κ3) is 2.47. The highest BCUT2D eigenvalue weighted by molar-refractivity contribution is 6.31. The van der Waals surface area contributed by atoms with Crippen molar-refractivity contribution >= 4 is 11.6 Å². The second-order valence-electron chi connectivity index (χ2n) is 3.91. The Labute approximate surface area is 110 Å². The summed E-state index contributed by atoms with van der Waals surface area (Å²) in [6, 6.07) is 9.14. The van der Waals surface area contributed by atoms with Gasteiger partial charge in [0.2, 0.25) is 0 Å². The molecule has 5 heteroatoms. The van der Waals surface area contributed by atoms with Crippen LogP contribution < -0.4 is 4.74 Å². The van der Waals surface area contributed by atoms with E-state index < -0.39 is 0 Å². The van der Waals surface area contributed by atoms with Crippen molar-refractivity contribution < 1.29 is 4.74 Å². The van der Waals surface area contributed by atoms with E-state index in [2.05, 4.69) is 5.10 Å². The number of nitriles is 1. The van der Waals surface area contributed by atoms with E-state index in [0.29, 0.717) is 22.9 Å². The van der Waals surface area contributed by atoms with E-state index in [1.165, 1.54) is 0 Å². The van der Waals surface area contributed by atoms with Gasteiger partial charge in [0.05, 0.1) is 16.4 Å². The van der Waals surface area contributed by atoms with Crippen molar-refractivity contribution in [3.8, 4) is 11.8 Å². The molecule has 1 aromatic carbocycles. The Hall–Kier alpha value is -1.99. The van der Waals surface area contributed by atoms with Gasteiger partial charge >= 0.3 is 0 Å². The molecule has 2 aromatic rings. The summed E-state index contributed by atoms with van der Waals surface area (Å²) in [5, 5.41) is 13.7. The van der Waals surface area contributed by atoms with Crippen LogP contribution in [0.25, 0.3) is 0 Å². The lowest BCUT2D eigenvalue weighted by Crippen LogP contribution is -2.03. The summed E-state index contributed by atoms with van der Waals surface area (Å²) in [4.78, 5) is 0. The minimum Gasteiger partial charge on any atom is -0.486 e. The molecule has 1 aromatic heterocycles. The first-order valence-electron chi connectivity index (χ1n) is 5.42. The van der Waals surface area contributed by atoms with Crippen LogP contribution >= 0.6 is 11.6 Å². The van der Waals surface area contributed by atoms with Crippen molar-refractivity contribution in [2.45, 2.75) is 13.5 Å². The summed E-state index contributed by atoms with van der Waals surface area (Å²) < 4.78 is 7.38. The third-order valence-electron chi connectivity index (χ3n) is 2.56. The normalized spacial score (nSPS) is 10.1. The van der Waals surface area contributed by atoms with E-state index in [1.807, 2.05) is 26.1 Å². The Morgan fingerprint density at radius 3 is 2.89 bits per heavy atom. The molecule has 0 aliphatic heterocycles. The summed E-state index contributed by atoms with van der Waals surface area (Å²) >= 11 is 5.93. The van der Waals surface area contributed by atoms with Crippen LogP contribution in [-0.2, 0) is 13.7 Å². The quantitative estimate of drug-likeness (QED) is 0.854. The number of nitrogens with zero attached hydrogens (tertiary/aromatic N) is 3. The van der Waals surface area contributed by atoms with Gasteiger partial charge in [0.1, 0.15) is 24.0 Å². The van der Waals surface area contributed by atoms with Gasteiger partial charge in [-0.1, -0.05) is 17.7 Å². The molecule has 0 radical (unpaired) electrons. The molecule has 2 rings (SSSR count). The molecule has 0 atom stereocenters. The maximum absolute atomic E-state index is 9.02. The molecular formula is C13H12ClN3O. The van der Waals surface area contributed by atoms with Crippen LogP contribution in [0.2, 0.25) is 5.02 Å². The Bertz CT molecular complexity index is 613.